The summed E-state index contributed by atoms with van der Waals surface area (Å²) < 4.78 is 10.4. The highest BCUT2D eigenvalue weighted by Crippen LogP contribution is 2.23. The number of ether oxygens (including phenoxy) is 2. The molecular weight excluding hydrogens is 406 g/mol. The van der Waals surface area contributed by atoms with Crippen LogP contribution in [0.25, 0.3) is 11.3 Å². The average molecular weight is 434 g/mol. The summed E-state index contributed by atoms with van der Waals surface area (Å²) >= 11 is 0. The summed E-state index contributed by atoms with van der Waals surface area (Å²) in [7, 11) is 1.51. The molecule has 166 valence electrons. The number of nitrogens with zero attached hydrogens (tertiary/aromatic N) is 3. The van der Waals surface area contributed by atoms with Gasteiger partial charge in [0, 0.05) is 49.0 Å². The van der Waals surface area contributed by atoms with Crippen molar-refractivity contribution < 1.29 is 14.3 Å². The van der Waals surface area contributed by atoms with Gasteiger partial charge in [0.1, 0.15) is 6.10 Å². The fraction of sp³-hybridized carbons (Fsp3) is 0.292. The van der Waals surface area contributed by atoms with E-state index in [-0.39, 0.29) is 5.91 Å². The Balaban J connectivity index is 1.41. The Hall–Kier alpha value is -3.49. The first-order valence-corrected chi connectivity index (χ1v) is 10.6. The van der Waals surface area contributed by atoms with Gasteiger partial charge in [0.05, 0.1) is 18.9 Å². The van der Waals surface area contributed by atoms with Crippen molar-refractivity contribution in [2.45, 2.75) is 13.0 Å². The van der Waals surface area contributed by atoms with Gasteiger partial charge in [-0.2, -0.15) is 0 Å². The van der Waals surface area contributed by atoms with Gasteiger partial charge in [-0.05, 0) is 49.4 Å². The van der Waals surface area contributed by atoms with Crippen molar-refractivity contribution in [1.29, 1.82) is 0 Å². The van der Waals surface area contributed by atoms with E-state index >= 15 is 0 Å². The summed E-state index contributed by atoms with van der Waals surface area (Å²) in [6.07, 6.45) is 1.22. The molecule has 0 radical (unpaired) electrons. The van der Waals surface area contributed by atoms with Crippen LogP contribution in [0.15, 0.2) is 60.8 Å². The van der Waals surface area contributed by atoms with Crippen molar-refractivity contribution in [3.05, 3.63) is 60.8 Å². The van der Waals surface area contributed by atoms with Gasteiger partial charge in [-0.3, -0.25) is 4.79 Å². The second-order valence-electron chi connectivity index (χ2n) is 7.48. The van der Waals surface area contributed by atoms with Gasteiger partial charge >= 0.3 is 0 Å². The Morgan fingerprint density at radius 2 is 1.72 bits per heavy atom. The first kappa shape index (κ1) is 21.7. The van der Waals surface area contributed by atoms with E-state index in [4.69, 9.17) is 9.47 Å². The van der Waals surface area contributed by atoms with Crippen LogP contribution in [0.1, 0.15) is 6.92 Å². The van der Waals surface area contributed by atoms with Gasteiger partial charge in [0.2, 0.25) is 5.95 Å². The molecule has 32 heavy (non-hydrogen) atoms. The molecule has 0 unspecified atom stereocenters. The second kappa shape index (κ2) is 10.2. The summed E-state index contributed by atoms with van der Waals surface area (Å²) in [6.45, 7) is 5.05. The number of methoxy groups -OCH3 is 1. The summed E-state index contributed by atoms with van der Waals surface area (Å²) in [6, 6.07) is 17.6. The summed E-state index contributed by atoms with van der Waals surface area (Å²) in [5.41, 5.74) is 4.52. The molecule has 1 aliphatic rings. The molecule has 0 bridgehead atoms. The first-order valence-electron chi connectivity index (χ1n) is 10.6. The second-order valence-corrected chi connectivity index (χ2v) is 7.48. The van der Waals surface area contributed by atoms with Crippen LogP contribution in [0.5, 0.6) is 0 Å². The zero-order valence-corrected chi connectivity index (χ0v) is 18.2. The van der Waals surface area contributed by atoms with Gasteiger partial charge in [0.25, 0.3) is 5.91 Å². The van der Waals surface area contributed by atoms with Crippen molar-refractivity contribution in [3.8, 4) is 11.3 Å². The number of benzene rings is 2. The molecule has 1 aliphatic heterocycles. The van der Waals surface area contributed by atoms with E-state index in [1.807, 2.05) is 42.5 Å². The van der Waals surface area contributed by atoms with Gasteiger partial charge < -0.3 is 25.0 Å². The minimum Gasteiger partial charge on any atom is -0.378 e. The third-order valence-electron chi connectivity index (χ3n) is 5.33. The topological polar surface area (TPSA) is 88.6 Å². The van der Waals surface area contributed by atoms with E-state index in [9.17, 15) is 4.79 Å². The predicted molar refractivity (Wildman–Crippen MR) is 125 cm³/mol. The van der Waals surface area contributed by atoms with E-state index in [2.05, 4.69) is 37.6 Å². The molecule has 8 nitrogen and oxygen atoms in total. The number of rotatable bonds is 7. The van der Waals surface area contributed by atoms with Crippen LogP contribution < -0.4 is 15.5 Å². The fourth-order valence-electron chi connectivity index (χ4n) is 3.36. The van der Waals surface area contributed by atoms with Gasteiger partial charge in [-0.15, -0.1) is 0 Å². The molecule has 0 saturated carbocycles. The van der Waals surface area contributed by atoms with Crippen molar-refractivity contribution >= 4 is 28.9 Å². The van der Waals surface area contributed by atoms with Crippen molar-refractivity contribution in [1.82, 2.24) is 9.97 Å². The predicted octanol–water partition coefficient (Wildman–Crippen LogP) is 3.70. The van der Waals surface area contributed by atoms with E-state index < -0.39 is 6.10 Å². The number of carbonyl (C=O) groups is 1. The number of hydrogen-bond acceptors (Lipinski definition) is 7. The number of aromatic nitrogens is 2. The molecule has 1 fully saturated rings. The Morgan fingerprint density at radius 1 is 1.03 bits per heavy atom. The minimum absolute atomic E-state index is 0.187. The molecule has 1 aromatic heterocycles. The molecule has 0 spiro atoms. The number of amides is 1. The average Bonchev–Trinajstić information content (AvgIpc) is 2.85. The van der Waals surface area contributed by atoms with E-state index in [1.54, 1.807) is 13.1 Å². The number of nitrogens with one attached hydrogen (secondary N) is 2. The Bertz CT molecular complexity index is 1030. The zero-order valence-electron chi connectivity index (χ0n) is 18.2. The lowest BCUT2D eigenvalue weighted by atomic mass is 10.1. The van der Waals surface area contributed by atoms with E-state index in [0.29, 0.717) is 11.6 Å². The zero-order chi connectivity index (χ0) is 22.3. The molecule has 1 atom stereocenters. The quantitative estimate of drug-likeness (QED) is 0.587. The fourth-order valence-corrected chi connectivity index (χ4v) is 3.36. The van der Waals surface area contributed by atoms with Gasteiger partial charge in [0.15, 0.2) is 0 Å². The molecule has 1 amide bonds. The van der Waals surface area contributed by atoms with Crippen LogP contribution in [-0.2, 0) is 14.3 Å². The molecule has 8 heteroatoms. The number of hydrogen-bond donors (Lipinski definition) is 2. The lowest BCUT2D eigenvalue weighted by Crippen LogP contribution is -2.36. The summed E-state index contributed by atoms with van der Waals surface area (Å²) in [5.74, 6) is 0.335. The van der Waals surface area contributed by atoms with Crippen molar-refractivity contribution in [2.24, 2.45) is 0 Å². The van der Waals surface area contributed by atoms with Crippen LogP contribution in [0.2, 0.25) is 0 Å². The maximum atomic E-state index is 12.0. The minimum atomic E-state index is -0.506. The van der Waals surface area contributed by atoms with E-state index in [1.165, 1.54) is 12.8 Å². The lowest BCUT2D eigenvalue weighted by Gasteiger charge is -2.28. The number of carbonyl (C=O) groups excluding carboxylic acids is 1. The molecule has 3 aromatic rings. The van der Waals surface area contributed by atoms with Gasteiger partial charge in [-0.25, -0.2) is 9.97 Å². The van der Waals surface area contributed by atoms with E-state index in [0.717, 1.165) is 43.2 Å². The highest BCUT2D eigenvalue weighted by Gasteiger charge is 2.12. The first-order chi connectivity index (χ1) is 15.6. The van der Waals surface area contributed by atoms with Crippen molar-refractivity contribution in [2.75, 3.05) is 48.9 Å². The smallest absolute Gasteiger partial charge is 0.253 e. The summed E-state index contributed by atoms with van der Waals surface area (Å²) in [5, 5.41) is 6.09. The maximum absolute atomic E-state index is 12.0. The Morgan fingerprint density at radius 3 is 2.41 bits per heavy atom. The van der Waals surface area contributed by atoms with Crippen LogP contribution in [-0.4, -0.2) is 55.4 Å². The molecule has 2 heterocycles. The SMILES string of the molecule is CO[C@H](C)C(=O)Nc1ccc(-c2ccnc(Nc3ccc(N4CCOCC4)cc3)n2)cc1. The highest BCUT2D eigenvalue weighted by atomic mass is 16.5. The highest BCUT2D eigenvalue weighted by molar-refractivity contribution is 5.94. The van der Waals surface area contributed by atoms with Crippen LogP contribution in [0, 0.1) is 0 Å². The maximum Gasteiger partial charge on any atom is 0.253 e. The Kier molecular flexibility index (Phi) is 6.94. The standard InChI is InChI=1S/C24H27N5O3/c1-17(31-2)23(30)26-19-5-3-18(4-6-19)22-11-12-25-24(28-22)27-20-7-9-21(10-8-20)29-13-15-32-16-14-29/h3-12,17H,13-16H2,1-2H3,(H,26,30)(H,25,27,28)/t17-/m1/s1. The molecule has 2 aromatic carbocycles. The van der Waals surface area contributed by atoms with Crippen LogP contribution in [0.3, 0.4) is 0 Å². The molecule has 2 N–H and O–H groups in total. The molecule has 0 aliphatic carbocycles. The van der Waals surface area contributed by atoms with Crippen LogP contribution >= 0.6 is 0 Å². The summed E-state index contributed by atoms with van der Waals surface area (Å²) in [4.78, 5) is 23.2. The van der Waals surface area contributed by atoms with Gasteiger partial charge in [-0.1, -0.05) is 12.1 Å². The normalized spacial score (nSPS) is 14.6. The largest absolute Gasteiger partial charge is 0.378 e. The molecule has 1 saturated heterocycles. The monoisotopic (exact) mass is 433 g/mol. The third kappa shape index (κ3) is 5.40. The number of morpholine rings is 1. The molecule has 4 rings (SSSR count). The lowest BCUT2D eigenvalue weighted by molar-refractivity contribution is -0.124. The van der Waals surface area contributed by atoms with Crippen LogP contribution in [0.4, 0.5) is 23.0 Å². The molecular formula is C24H27N5O3. The number of anilines is 4. The third-order valence-corrected chi connectivity index (χ3v) is 5.33. The van der Waals surface area contributed by atoms with Crippen molar-refractivity contribution in [3.63, 3.8) is 0 Å². The Labute approximate surface area is 187 Å².